The van der Waals surface area contributed by atoms with Gasteiger partial charge in [0, 0.05) is 12.8 Å². The number of aliphatic imine (C=N–C) groups is 1. The van der Waals surface area contributed by atoms with Crippen LogP contribution >= 0.6 is 0 Å². The number of hydrogen-bond donors (Lipinski definition) is 1. The molecule has 1 amide bonds. The van der Waals surface area contributed by atoms with Crippen molar-refractivity contribution in [3.05, 3.63) is 65.7 Å². The Labute approximate surface area is 147 Å². The lowest BCUT2D eigenvalue weighted by molar-refractivity contribution is -0.124. The van der Waals surface area contributed by atoms with Crippen LogP contribution in [0.25, 0.3) is 0 Å². The fraction of sp³-hybridized carbons (Fsp3) is 0.300. The SMILES string of the molecule is NC(=O)CN1CCC2(C=Nc3ccccc32)C1OCc1ccccc1. The van der Waals surface area contributed by atoms with Crippen molar-refractivity contribution in [1.82, 2.24) is 4.90 Å². The van der Waals surface area contributed by atoms with Gasteiger partial charge in [-0.05, 0) is 23.6 Å². The van der Waals surface area contributed by atoms with E-state index in [9.17, 15) is 4.79 Å². The van der Waals surface area contributed by atoms with E-state index in [1.807, 2.05) is 59.6 Å². The molecule has 0 bridgehead atoms. The maximum Gasteiger partial charge on any atom is 0.231 e. The molecular formula is C20H21N3O2. The normalized spacial score (nSPS) is 24.7. The minimum atomic E-state index is -0.339. The number of carbonyl (C=O) groups is 1. The summed E-state index contributed by atoms with van der Waals surface area (Å²) in [5.41, 5.74) is 8.39. The molecule has 1 spiro atoms. The van der Waals surface area contributed by atoms with Gasteiger partial charge in [-0.25, -0.2) is 0 Å². The zero-order valence-electron chi connectivity index (χ0n) is 14.0. The van der Waals surface area contributed by atoms with Crippen molar-refractivity contribution in [2.75, 3.05) is 13.1 Å². The number of rotatable bonds is 5. The number of hydrogen-bond acceptors (Lipinski definition) is 4. The van der Waals surface area contributed by atoms with E-state index in [4.69, 9.17) is 10.5 Å². The summed E-state index contributed by atoms with van der Waals surface area (Å²) >= 11 is 0. The molecule has 1 saturated heterocycles. The highest BCUT2D eigenvalue weighted by Crippen LogP contribution is 2.47. The molecule has 1 fully saturated rings. The van der Waals surface area contributed by atoms with Crippen LogP contribution in [0.1, 0.15) is 17.5 Å². The van der Waals surface area contributed by atoms with Gasteiger partial charge in [0.05, 0.1) is 24.3 Å². The van der Waals surface area contributed by atoms with Crippen molar-refractivity contribution in [2.45, 2.75) is 24.7 Å². The van der Waals surface area contributed by atoms with E-state index in [1.54, 1.807) is 0 Å². The molecule has 2 aliphatic heterocycles. The van der Waals surface area contributed by atoms with Crippen LogP contribution in [0.15, 0.2) is 59.6 Å². The molecule has 4 rings (SSSR count). The summed E-state index contributed by atoms with van der Waals surface area (Å²) in [6, 6.07) is 18.2. The van der Waals surface area contributed by atoms with Crippen LogP contribution in [-0.2, 0) is 21.6 Å². The van der Waals surface area contributed by atoms with E-state index < -0.39 is 0 Å². The van der Waals surface area contributed by atoms with Gasteiger partial charge in [0.2, 0.25) is 5.91 Å². The van der Waals surface area contributed by atoms with Crippen LogP contribution in [0.2, 0.25) is 0 Å². The standard InChI is InChI=1S/C20H21N3O2/c21-18(24)12-23-11-10-20(14-22-17-9-5-4-8-16(17)20)19(23)25-13-15-6-2-1-3-7-15/h1-9,14,19H,10-13H2,(H2,21,24). The zero-order chi connectivity index (χ0) is 17.3. The van der Waals surface area contributed by atoms with E-state index in [0.29, 0.717) is 6.61 Å². The number of nitrogens with two attached hydrogens (primary N) is 1. The average molecular weight is 335 g/mol. The fourth-order valence-corrected chi connectivity index (χ4v) is 3.89. The van der Waals surface area contributed by atoms with Gasteiger partial charge in [-0.3, -0.25) is 14.7 Å². The number of likely N-dealkylation sites (tertiary alicyclic amines) is 1. The molecule has 128 valence electrons. The minimum absolute atomic E-state index is 0.192. The molecule has 2 heterocycles. The topological polar surface area (TPSA) is 67.9 Å². The van der Waals surface area contributed by atoms with E-state index in [-0.39, 0.29) is 24.1 Å². The molecule has 25 heavy (non-hydrogen) atoms. The van der Waals surface area contributed by atoms with Gasteiger partial charge in [-0.15, -0.1) is 0 Å². The highest BCUT2D eigenvalue weighted by molar-refractivity contribution is 5.86. The molecule has 0 aliphatic carbocycles. The average Bonchev–Trinajstić information content (AvgIpc) is 3.16. The van der Waals surface area contributed by atoms with Gasteiger partial charge in [0.15, 0.2) is 0 Å². The maximum absolute atomic E-state index is 11.5. The minimum Gasteiger partial charge on any atom is -0.369 e. The van der Waals surface area contributed by atoms with E-state index in [1.165, 1.54) is 5.56 Å². The Bertz CT molecular complexity index is 806. The fourth-order valence-electron chi connectivity index (χ4n) is 3.89. The van der Waals surface area contributed by atoms with E-state index >= 15 is 0 Å². The monoisotopic (exact) mass is 335 g/mol. The highest BCUT2D eigenvalue weighted by Gasteiger charge is 2.51. The van der Waals surface area contributed by atoms with Crippen LogP contribution in [0.4, 0.5) is 5.69 Å². The predicted octanol–water partition coefficient (Wildman–Crippen LogP) is 2.37. The number of nitrogens with zero attached hydrogens (tertiary/aromatic N) is 2. The van der Waals surface area contributed by atoms with Gasteiger partial charge in [-0.1, -0.05) is 48.5 Å². The number of fused-ring (bicyclic) bond motifs is 2. The first kappa shape index (κ1) is 16.0. The van der Waals surface area contributed by atoms with Gasteiger partial charge in [-0.2, -0.15) is 0 Å². The quantitative estimate of drug-likeness (QED) is 0.912. The third-order valence-corrected chi connectivity index (χ3v) is 5.03. The van der Waals surface area contributed by atoms with E-state index in [0.717, 1.165) is 24.2 Å². The number of carbonyl (C=O) groups excluding carboxylic acids is 1. The number of para-hydroxylation sites is 1. The molecule has 2 atom stereocenters. The smallest absolute Gasteiger partial charge is 0.231 e. The molecule has 5 nitrogen and oxygen atoms in total. The second-order valence-corrected chi connectivity index (χ2v) is 6.65. The largest absolute Gasteiger partial charge is 0.369 e. The Morgan fingerprint density at radius 1 is 1.20 bits per heavy atom. The van der Waals surface area contributed by atoms with Gasteiger partial charge < -0.3 is 10.5 Å². The first-order valence-electron chi connectivity index (χ1n) is 8.52. The lowest BCUT2D eigenvalue weighted by Gasteiger charge is -2.33. The van der Waals surface area contributed by atoms with Crippen molar-refractivity contribution in [3.8, 4) is 0 Å². The first-order valence-corrected chi connectivity index (χ1v) is 8.52. The molecule has 2 N–H and O–H groups in total. The van der Waals surface area contributed by atoms with E-state index in [2.05, 4.69) is 11.1 Å². The molecule has 2 unspecified atom stereocenters. The second kappa shape index (κ2) is 6.43. The number of ether oxygens (including phenoxy) is 1. The molecule has 5 heteroatoms. The molecule has 0 saturated carbocycles. The predicted molar refractivity (Wildman–Crippen MR) is 96.7 cm³/mol. The van der Waals surface area contributed by atoms with Crippen molar-refractivity contribution in [1.29, 1.82) is 0 Å². The molecule has 2 aromatic carbocycles. The third-order valence-electron chi connectivity index (χ3n) is 5.03. The third kappa shape index (κ3) is 2.86. The maximum atomic E-state index is 11.5. The summed E-state index contributed by atoms with van der Waals surface area (Å²) in [6.07, 6.45) is 2.60. The van der Waals surface area contributed by atoms with Crippen molar-refractivity contribution < 1.29 is 9.53 Å². The molecule has 2 aliphatic rings. The zero-order valence-corrected chi connectivity index (χ0v) is 14.0. The lowest BCUT2D eigenvalue weighted by Crippen LogP contribution is -2.47. The van der Waals surface area contributed by atoms with Crippen molar-refractivity contribution >= 4 is 17.8 Å². The Morgan fingerprint density at radius 2 is 1.96 bits per heavy atom. The Kier molecular flexibility index (Phi) is 4.11. The van der Waals surface area contributed by atoms with Crippen molar-refractivity contribution in [2.24, 2.45) is 10.7 Å². The summed E-state index contributed by atoms with van der Waals surface area (Å²) in [5, 5.41) is 0. The van der Waals surface area contributed by atoms with Gasteiger partial charge in [0.1, 0.15) is 6.23 Å². The summed E-state index contributed by atoms with van der Waals surface area (Å²) in [4.78, 5) is 18.1. The lowest BCUT2D eigenvalue weighted by atomic mass is 9.80. The molecular weight excluding hydrogens is 314 g/mol. The Morgan fingerprint density at radius 3 is 2.76 bits per heavy atom. The summed E-state index contributed by atoms with van der Waals surface area (Å²) in [6.45, 7) is 1.43. The number of amides is 1. The number of primary amides is 1. The highest BCUT2D eigenvalue weighted by atomic mass is 16.5. The summed E-state index contributed by atoms with van der Waals surface area (Å²) in [7, 11) is 0. The molecule has 0 radical (unpaired) electrons. The van der Waals surface area contributed by atoms with Crippen LogP contribution in [0, 0.1) is 0 Å². The van der Waals surface area contributed by atoms with Gasteiger partial charge >= 0.3 is 0 Å². The van der Waals surface area contributed by atoms with Gasteiger partial charge in [0.25, 0.3) is 0 Å². The molecule has 2 aromatic rings. The Hall–Kier alpha value is -2.50. The van der Waals surface area contributed by atoms with Crippen LogP contribution in [0.3, 0.4) is 0 Å². The first-order chi connectivity index (χ1) is 12.2. The number of benzene rings is 2. The van der Waals surface area contributed by atoms with Crippen LogP contribution in [0.5, 0.6) is 0 Å². The Balaban J connectivity index is 1.64. The van der Waals surface area contributed by atoms with Crippen molar-refractivity contribution in [3.63, 3.8) is 0 Å². The summed E-state index contributed by atoms with van der Waals surface area (Å²) < 4.78 is 6.32. The summed E-state index contributed by atoms with van der Waals surface area (Å²) in [5.74, 6) is -0.339. The molecule has 0 aromatic heterocycles. The van der Waals surface area contributed by atoms with Crippen LogP contribution < -0.4 is 5.73 Å². The van der Waals surface area contributed by atoms with Crippen LogP contribution in [-0.4, -0.2) is 36.3 Å². The second-order valence-electron chi connectivity index (χ2n) is 6.65.